The predicted molar refractivity (Wildman–Crippen MR) is 112 cm³/mol. The summed E-state index contributed by atoms with van der Waals surface area (Å²) in [5.74, 6) is 2.20. The second kappa shape index (κ2) is 6.83. The molecule has 2 heteroatoms. The van der Waals surface area contributed by atoms with E-state index in [2.05, 4.69) is 110 Å². The third kappa shape index (κ3) is 2.69. The third-order valence-electron chi connectivity index (χ3n) is 4.72. The number of hydrogen-bond acceptors (Lipinski definition) is 0. The minimum absolute atomic E-state index is 0. The maximum atomic E-state index is 4.29. The number of benzene rings is 3. The van der Waals surface area contributed by atoms with Crippen LogP contribution in [0.3, 0.4) is 0 Å². The zero-order valence-corrected chi connectivity index (χ0v) is 15.9. The summed E-state index contributed by atoms with van der Waals surface area (Å²) in [5, 5.41) is 4.04. The van der Waals surface area contributed by atoms with E-state index in [1.54, 1.807) is 0 Å². The summed E-state index contributed by atoms with van der Waals surface area (Å²) in [6, 6.07) is 32.4. The summed E-state index contributed by atoms with van der Waals surface area (Å²) in [4.78, 5) is 0. The van der Waals surface area contributed by atoms with Gasteiger partial charge in [0.15, 0.2) is 0 Å². The second-order valence-corrected chi connectivity index (χ2v) is 11.1. The van der Waals surface area contributed by atoms with Gasteiger partial charge in [0.05, 0.1) is 0 Å². The Morgan fingerprint density at radius 1 is 0.609 bits per heavy atom. The monoisotopic (exact) mass is 384 g/mol. The normalized spacial score (nSPS) is 12.5. The van der Waals surface area contributed by atoms with E-state index in [4.69, 9.17) is 0 Å². The van der Waals surface area contributed by atoms with Gasteiger partial charge in [0.1, 0.15) is 0 Å². The van der Waals surface area contributed by atoms with Crippen molar-refractivity contribution in [3.63, 3.8) is 0 Å². The van der Waals surface area contributed by atoms with Gasteiger partial charge in [-0.1, -0.05) is 0 Å². The van der Waals surface area contributed by atoms with Gasteiger partial charge in [-0.2, -0.15) is 0 Å². The number of hydrogen-bond donors (Lipinski definition) is 0. The van der Waals surface area contributed by atoms with Crippen molar-refractivity contribution < 1.29 is 0 Å². The van der Waals surface area contributed by atoms with Crippen LogP contribution in [0.2, 0.25) is 0 Å². The molecule has 0 bridgehead atoms. The second-order valence-electron chi connectivity index (χ2n) is 5.84. The van der Waals surface area contributed by atoms with Crippen molar-refractivity contribution in [2.24, 2.45) is 0 Å². The first-order valence-corrected chi connectivity index (χ1v) is 10.3. The van der Waals surface area contributed by atoms with Crippen LogP contribution in [-0.4, -0.2) is 6.66 Å². The molecule has 0 aliphatic carbocycles. The van der Waals surface area contributed by atoms with Crippen LogP contribution >= 0.6 is 23.6 Å². The van der Waals surface area contributed by atoms with Gasteiger partial charge in [-0.05, 0) is 0 Å². The average molecular weight is 385 g/mol. The van der Waals surface area contributed by atoms with Gasteiger partial charge < -0.3 is 0 Å². The molecule has 3 rings (SSSR count). The molecule has 118 valence electrons. The molecule has 23 heavy (non-hydrogen) atoms. The molecule has 0 fully saturated rings. The molecule has 0 nitrogen and oxygen atoms in total. The molecule has 0 aliphatic rings. The molecule has 3 aromatic rings. The summed E-state index contributed by atoms with van der Waals surface area (Å²) in [7, 11) is 0. The molecule has 0 heterocycles. The number of halogens is 1. The molecular weight excluding hydrogens is 363 g/mol. The van der Waals surface area contributed by atoms with Gasteiger partial charge in [0.25, 0.3) is 0 Å². The topological polar surface area (TPSA) is 0 Å². The van der Waals surface area contributed by atoms with E-state index < -0.39 is 6.60 Å². The first-order chi connectivity index (χ1) is 10.7. The van der Waals surface area contributed by atoms with E-state index in [0.29, 0.717) is 0 Å². The van der Waals surface area contributed by atoms with Crippen LogP contribution in [0.25, 0.3) is 0 Å². The van der Waals surface area contributed by atoms with Gasteiger partial charge in [-0.3, -0.25) is 0 Å². The molecule has 0 aliphatic heterocycles. The third-order valence-corrected chi connectivity index (χ3v) is 10.5. The first kappa shape index (κ1) is 17.7. The van der Waals surface area contributed by atoms with Crippen LogP contribution in [0.4, 0.5) is 0 Å². The predicted octanol–water partition coefficient (Wildman–Crippen LogP) is 4.87. The zero-order chi connectivity index (χ0) is 15.5. The summed E-state index contributed by atoms with van der Waals surface area (Å²) in [6.45, 7) is 4.04. The van der Waals surface area contributed by atoms with Crippen LogP contribution in [0, 0.1) is 0 Å². The van der Waals surface area contributed by atoms with E-state index >= 15 is 0 Å². The molecule has 0 spiro atoms. The fourth-order valence-corrected chi connectivity index (χ4v) is 7.55. The minimum atomic E-state index is -2.64. The van der Waals surface area contributed by atoms with Crippen LogP contribution in [0.15, 0.2) is 103 Å². The van der Waals surface area contributed by atoms with Crippen LogP contribution in [0.5, 0.6) is 0 Å². The zero-order valence-electron chi connectivity index (χ0n) is 13.3. The molecule has 0 radical (unpaired) electrons. The average Bonchev–Trinajstić information content (AvgIpc) is 2.63. The molecule has 0 amide bonds. The van der Waals surface area contributed by atoms with Crippen molar-refractivity contribution in [3.8, 4) is 0 Å². The summed E-state index contributed by atoms with van der Waals surface area (Å²) < 4.78 is 0. The Bertz CT molecular complexity index is 667. The van der Waals surface area contributed by atoms with E-state index in [-0.39, 0.29) is 17.0 Å². The maximum absolute atomic E-state index is 4.29. The van der Waals surface area contributed by atoms with E-state index in [1.807, 2.05) is 0 Å². The summed E-state index contributed by atoms with van der Waals surface area (Å²) >= 11 is 0. The Morgan fingerprint density at radius 2 is 0.870 bits per heavy atom. The Balaban J connectivity index is 0.00000192. The van der Waals surface area contributed by atoms with E-state index in [9.17, 15) is 0 Å². The Labute approximate surface area is 149 Å². The molecule has 0 atom stereocenters. The van der Waals surface area contributed by atoms with E-state index in [1.165, 1.54) is 15.9 Å². The van der Waals surface area contributed by atoms with Gasteiger partial charge in [-0.25, -0.2) is 0 Å². The molecule has 0 unspecified atom stereocenters. The summed E-state index contributed by atoms with van der Waals surface area (Å²) in [6.07, 6.45) is 0. The molecule has 0 N–H and O–H groups in total. The van der Waals surface area contributed by atoms with Crippen molar-refractivity contribution in [1.82, 2.24) is 0 Å². The van der Waals surface area contributed by atoms with Gasteiger partial charge in [0.2, 0.25) is 0 Å². The van der Waals surface area contributed by atoms with Crippen LogP contribution in [0.1, 0.15) is 0 Å². The molecule has 3 aromatic carbocycles. The standard InChI is InChI=1S/C21H21P.BrH/c1-3-22(2,19-13-7-4-8-14-19,20-15-9-5-10-16-20)21-17-11-6-12-18-21;/h3-18H,1H2,2H3;1H. The quantitative estimate of drug-likeness (QED) is 0.563. The van der Waals surface area contributed by atoms with Crippen LogP contribution in [-0.2, 0) is 0 Å². The molecule has 0 saturated carbocycles. The Morgan fingerprint density at radius 3 is 1.09 bits per heavy atom. The van der Waals surface area contributed by atoms with Crippen LogP contribution < -0.4 is 15.9 Å². The van der Waals surface area contributed by atoms with Crippen molar-refractivity contribution in [3.05, 3.63) is 103 Å². The first-order valence-electron chi connectivity index (χ1n) is 7.52. The van der Waals surface area contributed by atoms with Gasteiger partial charge in [-0.15, -0.1) is 17.0 Å². The Kier molecular flexibility index (Phi) is 5.24. The molecule has 0 aromatic heterocycles. The molecule has 0 saturated heterocycles. The number of rotatable bonds is 4. The van der Waals surface area contributed by atoms with E-state index in [0.717, 1.165) is 0 Å². The Hall–Kier alpha value is -1.69. The van der Waals surface area contributed by atoms with Gasteiger partial charge >= 0.3 is 133 Å². The van der Waals surface area contributed by atoms with Crippen molar-refractivity contribution >= 4 is 39.5 Å². The SMILES string of the molecule is Br.C=CP(C)(c1ccccc1)(c1ccccc1)c1ccccc1. The van der Waals surface area contributed by atoms with Gasteiger partial charge in [0, 0.05) is 0 Å². The fourth-order valence-electron chi connectivity index (χ4n) is 3.20. The molecular formula is C21H22BrP. The fraction of sp³-hybridized carbons (Fsp3) is 0.0476. The van der Waals surface area contributed by atoms with Crippen molar-refractivity contribution in [2.45, 2.75) is 0 Å². The summed E-state index contributed by atoms with van der Waals surface area (Å²) in [5.41, 5.74) is 0. The van der Waals surface area contributed by atoms with Crippen molar-refractivity contribution in [2.75, 3.05) is 6.66 Å². The van der Waals surface area contributed by atoms with Crippen molar-refractivity contribution in [1.29, 1.82) is 0 Å².